The minimum Gasteiger partial charge on any atom is -0.507 e. The topological polar surface area (TPSA) is 119 Å². The number of aliphatic hydroxyl groups is 1. The normalized spacial score (nSPS) is 17.1. The van der Waals surface area contributed by atoms with Gasteiger partial charge in [0.1, 0.15) is 16.4 Å². The summed E-state index contributed by atoms with van der Waals surface area (Å²) in [4.78, 5) is 48.5. The van der Waals surface area contributed by atoms with Gasteiger partial charge in [-0.2, -0.15) is 0 Å². The number of hydrogen-bond donors (Lipinski definition) is 1. The Kier molecular flexibility index (Phi) is 6.42. The van der Waals surface area contributed by atoms with E-state index < -0.39 is 23.7 Å². The van der Waals surface area contributed by atoms with Crippen LogP contribution in [0.3, 0.4) is 0 Å². The molecule has 1 aliphatic heterocycles. The van der Waals surface area contributed by atoms with Gasteiger partial charge in [0.15, 0.2) is 5.13 Å². The van der Waals surface area contributed by atoms with Gasteiger partial charge in [-0.15, -0.1) is 0 Å². The Balaban J connectivity index is 1.90. The number of aromatic nitrogens is 2. The highest BCUT2D eigenvalue weighted by Crippen LogP contribution is 2.44. The van der Waals surface area contributed by atoms with Gasteiger partial charge < -0.3 is 14.6 Å². The summed E-state index contributed by atoms with van der Waals surface area (Å²) in [6, 6.07) is 8.90. The Morgan fingerprint density at radius 2 is 1.82 bits per heavy atom. The van der Waals surface area contributed by atoms with Crippen molar-refractivity contribution in [3.63, 3.8) is 0 Å². The summed E-state index contributed by atoms with van der Waals surface area (Å²) in [6.07, 6.45) is 2.95. The van der Waals surface area contributed by atoms with Gasteiger partial charge in [-0.25, -0.2) is 9.78 Å². The van der Waals surface area contributed by atoms with Gasteiger partial charge in [0.05, 0.1) is 31.0 Å². The Hall–Kier alpha value is -4.05. The number of aliphatic hydroxyl groups excluding tert-OH is 1. The summed E-state index contributed by atoms with van der Waals surface area (Å²) in [5.41, 5.74) is 1.19. The first-order valence-corrected chi connectivity index (χ1v) is 11.2. The fourth-order valence-corrected chi connectivity index (χ4v) is 4.66. The molecular weight excluding hydrogens is 458 g/mol. The SMILES string of the molecule is CCOC(=O)c1sc(N2C(=O)C(=O)C(=C(O)c3ccncc3)C2c2ccc(OC)cc2)nc1C. The number of methoxy groups -OCH3 is 1. The summed E-state index contributed by atoms with van der Waals surface area (Å²) in [6.45, 7) is 3.51. The second kappa shape index (κ2) is 9.44. The van der Waals surface area contributed by atoms with E-state index in [1.807, 2.05) is 0 Å². The van der Waals surface area contributed by atoms with E-state index >= 15 is 0 Å². The summed E-state index contributed by atoms with van der Waals surface area (Å²) < 4.78 is 10.3. The Bertz CT molecular complexity index is 1280. The number of anilines is 1. The van der Waals surface area contributed by atoms with Crippen LogP contribution in [0, 0.1) is 6.92 Å². The zero-order valence-corrected chi connectivity index (χ0v) is 19.5. The monoisotopic (exact) mass is 479 g/mol. The zero-order chi connectivity index (χ0) is 24.4. The summed E-state index contributed by atoms with van der Waals surface area (Å²) in [5, 5.41) is 11.2. The van der Waals surface area contributed by atoms with Crippen molar-refractivity contribution < 1.29 is 29.0 Å². The zero-order valence-electron chi connectivity index (χ0n) is 18.6. The number of ketones is 1. The lowest BCUT2D eigenvalue weighted by Gasteiger charge is -2.23. The van der Waals surface area contributed by atoms with Crippen molar-refractivity contribution in [3.05, 3.63) is 76.1 Å². The predicted octanol–water partition coefficient (Wildman–Crippen LogP) is 3.66. The third-order valence-electron chi connectivity index (χ3n) is 5.28. The molecule has 1 amide bonds. The van der Waals surface area contributed by atoms with Crippen molar-refractivity contribution in [2.24, 2.45) is 0 Å². The van der Waals surface area contributed by atoms with Crippen molar-refractivity contribution in [1.82, 2.24) is 9.97 Å². The molecule has 0 spiro atoms. The van der Waals surface area contributed by atoms with Gasteiger partial charge in [0, 0.05) is 18.0 Å². The second-order valence-corrected chi connectivity index (χ2v) is 8.29. The Morgan fingerprint density at radius 1 is 1.15 bits per heavy atom. The molecule has 3 heterocycles. The number of thiazole rings is 1. The van der Waals surface area contributed by atoms with Crippen LogP contribution in [0.2, 0.25) is 0 Å². The maximum Gasteiger partial charge on any atom is 0.350 e. The number of benzene rings is 1. The second-order valence-electron chi connectivity index (χ2n) is 7.31. The van der Waals surface area contributed by atoms with E-state index in [-0.39, 0.29) is 27.9 Å². The molecule has 1 atom stereocenters. The number of aryl methyl sites for hydroxylation is 1. The molecule has 0 bridgehead atoms. The minimum absolute atomic E-state index is 0.0908. The third-order valence-corrected chi connectivity index (χ3v) is 6.42. The number of hydrogen-bond acceptors (Lipinski definition) is 9. The first-order valence-electron chi connectivity index (χ1n) is 10.4. The minimum atomic E-state index is -0.973. The van der Waals surface area contributed by atoms with Gasteiger partial charge >= 0.3 is 11.9 Å². The van der Waals surface area contributed by atoms with E-state index in [9.17, 15) is 19.5 Å². The maximum absolute atomic E-state index is 13.2. The van der Waals surface area contributed by atoms with Crippen LogP contribution >= 0.6 is 11.3 Å². The number of carbonyl (C=O) groups excluding carboxylic acids is 3. The molecule has 10 heteroatoms. The third kappa shape index (κ3) is 4.03. The van der Waals surface area contributed by atoms with Crippen LogP contribution in [0.4, 0.5) is 5.13 Å². The Labute approximate surface area is 199 Å². The highest BCUT2D eigenvalue weighted by atomic mass is 32.1. The number of rotatable bonds is 6. The van der Waals surface area contributed by atoms with Crippen LogP contribution in [0.1, 0.15) is 39.5 Å². The predicted molar refractivity (Wildman–Crippen MR) is 125 cm³/mol. The van der Waals surface area contributed by atoms with Crippen LogP contribution in [0.5, 0.6) is 5.75 Å². The molecular formula is C24H21N3O6S. The van der Waals surface area contributed by atoms with E-state index in [4.69, 9.17) is 9.47 Å². The highest BCUT2D eigenvalue weighted by Gasteiger charge is 2.48. The molecule has 1 unspecified atom stereocenters. The number of amides is 1. The average Bonchev–Trinajstić information content (AvgIpc) is 3.36. The standard InChI is InChI=1S/C24H21N3O6S/c1-4-33-23(31)21-13(2)26-24(34-21)27-18(14-5-7-16(32-3)8-6-14)17(20(29)22(27)30)19(28)15-9-11-25-12-10-15/h5-12,18,28H,4H2,1-3H3. The van der Waals surface area contributed by atoms with E-state index in [2.05, 4.69) is 9.97 Å². The number of ether oxygens (including phenoxy) is 2. The molecule has 174 valence electrons. The number of Topliss-reactive ketones (excluding diaryl/α,β-unsaturated/α-hetero) is 1. The quantitative estimate of drug-likeness (QED) is 0.246. The molecule has 9 nitrogen and oxygen atoms in total. The van der Waals surface area contributed by atoms with Crippen LogP contribution in [0.15, 0.2) is 54.4 Å². The summed E-state index contributed by atoms with van der Waals surface area (Å²) >= 11 is 0.955. The molecule has 2 aromatic heterocycles. The number of pyridine rings is 1. The molecule has 34 heavy (non-hydrogen) atoms. The molecule has 1 fully saturated rings. The lowest BCUT2D eigenvalue weighted by Crippen LogP contribution is -2.29. The molecule has 1 saturated heterocycles. The van der Waals surface area contributed by atoms with Gasteiger partial charge in [0.2, 0.25) is 0 Å². The number of esters is 1. The number of carbonyl (C=O) groups is 3. The van der Waals surface area contributed by atoms with E-state index in [0.29, 0.717) is 22.6 Å². The molecule has 4 rings (SSSR count). The molecule has 3 aromatic rings. The maximum atomic E-state index is 13.2. The van der Waals surface area contributed by atoms with Gasteiger partial charge in [-0.1, -0.05) is 23.5 Å². The summed E-state index contributed by atoms with van der Waals surface area (Å²) in [5.74, 6) is -2.02. The summed E-state index contributed by atoms with van der Waals surface area (Å²) in [7, 11) is 1.53. The largest absolute Gasteiger partial charge is 0.507 e. The van der Waals surface area contributed by atoms with E-state index in [1.165, 1.54) is 24.4 Å². The molecule has 0 radical (unpaired) electrons. The average molecular weight is 480 g/mol. The van der Waals surface area contributed by atoms with Crippen molar-refractivity contribution in [1.29, 1.82) is 0 Å². The van der Waals surface area contributed by atoms with Crippen LogP contribution in [0.25, 0.3) is 5.76 Å². The Morgan fingerprint density at radius 3 is 2.44 bits per heavy atom. The van der Waals surface area contributed by atoms with Crippen molar-refractivity contribution >= 4 is 39.9 Å². The van der Waals surface area contributed by atoms with Crippen LogP contribution in [-0.4, -0.2) is 46.5 Å². The highest BCUT2D eigenvalue weighted by molar-refractivity contribution is 7.17. The van der Waals surface area contributed by atoms with E-state index in [1.54, 1.807) is 50.2 Å². The fraction of sp³-hybridized carbons (Fsp3) is 0.208. The smallest absolute Gasteiger partial charge is 0.350 e. The molecule has 1 aliphatic rings. The van der Waals surface area contributed by atoms with Crippen molar-refractivity contribution in [2.75, 3.05) is 18.6 Å². The molecule has 1 aromatic carbocycles. The van der Waals surface area contributed by atoms with Gasteiger partial charge in [0.25, 0.3) is 5.78 Å². The van der Waals surface area contributed by atoms with Crippen LogP contribution in [-0.2, 0) is 14.3 Å². The molecule has 0 saturated carbocycles. The fourth-order valence-electron chi connectivity index (χ4n) is 3.67. The molecule has 1 N–H and O–H groups in total. The first kappa shape index (κ1) is 23.1. The lowest BCUT2D eigenvalue weighted by atomic mass is 9.95. The lowest BCUT2D eigenvalue weighted by molar-refractivity contribution is -0.132. The van der Waals surface area contributed by atoms with Crippen LogP contribution < -0.4 is 9.64 Å². The first-order chi connectivity index (χ1) is 16.4. The van der Waals surface area contributed by atoms with Gasteiger partial charge in [-0.3, -0.25) is 19.5 Å². The number of nitrogens with zero attached hydrogens (tertiary/aromatic N) is 3. The molecule has 0 aliphatic carbocycles. The van der Waals surface area contributed by atoms with Crippen molar-refractivity contribution in [2.45, 2.75) is 19.9 Å². The van der Waals surface area contributed by atoms with Crippen molar-refractivity contribution in [3.8, 4) is 5.75 Å². The van der Waals surface area contributed by atoms with E-state index in [0.717, 1.165) is 11.3 Å². The van der Waals surface area contributed by atoms with Gasteiger partial charge in [-0.05, 0) is 43.7 Å².